The van der Waals surface area contributed by atoms with Gasteiger partial charge in [0.1, 0.15) is 12.2 Å². The Bertz CT molecular complexity index is 126. The first-order valence-electron chi connectivity index (χ1n) is 2.27. The van der Waals surface area contributed by atoms with Crippen molar-refractivity contribution in [2.75, 3.05) is 0 Å². The van der Waals surface area contributed by atoms with Crippen LogP contribution in [0, 0.1) is 0 Å². The maximum Gasteiger partial charge on any atom is 0.137 e. The zero-order chi connectivity index (χ0) is 5.11. The molecule has 0 fully saturated rings. The summed E-state index contributed by atoms with van der Waals surface area (Å²) in [5.74, 6) is 0.944. The molecular formula is C4H8BrN3. The molecular weight excluding hydrogens is 170 g/mol. The lowest BCUT2D eigenvalue weighted by Crippen LogP contribution is -1.79. The molecule has 0 radical (unpaired) electrons. The average Bonchev–Trinajstić information content (AvgIpc) is 2.14. The molecule has 0 aliphatic heterocycles. The van der Waals surface area contributed by atoms with Gasteiger partial charge in [0.05, 0.1) is 0 Å². The topological polar surface area (TPSA) is 41.6 Å². The van der Waals surface area contributed by atoms with E-state index >= 15 is 0 Å². The highest BCUT2D eigenvalue weighted by Crippen LogP contribution is 1.82. The predicted octanol–water partition coefficient (Wildman–Crippen LogP) is 0.945. The van der Waals surface area contributed by atoms with E-state index in [1.165, 1.54) is 6.33 Å². The van der Waals surface area contributed by atoms with Crippen molar-refractivity contribution in [3.8, 4) is 0 Å². The zero-order valence-corrected chi connectivity index (χ0v) is 6.30. The number of nitrogens with zero attached hydrogens (tertiary/aromatic N) is 2. The zero-order valence-electron chi connectivity index (χ0n) is 4.59. The number of hydrogen-bond acceptors (Lipinski definition) is 2. The largest absolute Gasteiger partial charge is 0.263 e. The van der Waals surface area contributed by atoms with Crippen LogP contribution in [0.3, 0.4) is 0 Å². The first-order chi connectivity index (χ1) is 3.43. The Morgan fingerprint density at radius 1 is 1.75 bits per heavy atom. The first-order valence-corrected chi connectivity index (χ1v) is 2.27. The molecule has 46 valence electrons. The van der Waals surface area contributed by atoms with Gasteiger partial charge < -0.3 is 0 Å². The molecule has 1 aromatic heterocycles. The molecule has 0 spiro atoms. The van der Waals surface area contributed by atoms with Crippen LogP contribution in [-0.2, 0) is 6.42 Å². The quantitative estimate of drug-likeness (QED) is 0.695. The molecule has 1 rings (SSSR count). The van der Waals surface area contributed by atoms with Crippen LogP contribution in [0.2, 0.25) is 0 Å². The third-order valence-corrected chi connectivity index (χ3v) is 0.800. The Kier molecular flexibility index (Phi) is 3.43. The van der Waals surface area contributed by atoms with E-state index in [4.69, 9.17) is 0 Å². The highest BCUT2D eigenvalue weighted by molar-refractivity contribution is 8.93. The van der Waals surface area contributed by atoms with Crippen molar-refractivity contribution in [3.05, 3.63) is 12.2 Å². The molecule has 0 unspecified atom stereocenters. The number of halogens is 1. The lowest BCUT2D eigenvalue weighted by molar-refractivity contribution is 0.946. The Labute approximate surface area is 58.3 Å². The number of H-pyrrole nitrogens is 1. The van der Waals surface area contributed by atoms with Gasteiger partial charge in [-0.2, -0.15) is 5.10 Å². The molecule has 0 amide bonds. The lowest BCUT2D eigenvalue weighted by Gasteiger charge is -1.77. The Balaban J connectivity index is 0.000000490. The first kappa shape index (κ1) is 7.62. The fourth-order valence-corrected chi connectivity index (χ4v) is 0.401. The van der Waals surface area contributed by atoms with Gasteiger partial charge in [-0.3, -0.25) is 5.10 Å². The average molecular weight is 178 g/mol. The van der Waals surface area contributed by atoms with Gasteiger partial charge in [-0.15, -0.1) is 17.0 Å². The molecule has 1 N–H and O–H groups in total. The van der Waals surface area contributed by atoms with Crippen molar-refractivity contribution < 1.29 is 0 Å². The molecule has 8 heavy (non-hydrogen) atoms. The number of rotatable bonds is 1. The number of aromatic nitrogens is 3. The van der Waals surface area contributed by atoms with Crippen LogP contribution >= 0.6 is 17.0 Å². The van der Waals surface area contributed by atoms with Crippen LogP contribution in [0.15, 0.2) is 6.33 Å². The van der Waals surface area contributed by atoms with Gasteiger partial charge in [0, 0.05) is 6.42 Å². The van der Waals surface area contributed by atoms with Gasteiger partial charge in [0.2, 0.25) is 0 Å². The second-order valence-corrected chi connectivity index (χ2v) is 1.29. The second-order valence-electron chi connectivity index (χ2n) is 1.29. The van der Waals surface area contributed by atoms with Crippen molar-refractivity contribution in [1.29, 1.82) is 0 Å². The Morgan fingerprint density at radius 2 is 2.50 bits per heavy atom. The van der Waals surface area contributed by atoms with Gasteiger partial charge in [0.25, 0.3) is 0 Å². The van der Waals surface area contributed by atoms with E-state index in [9.17, 15) is 0 Å². The normalized spacial score (nSPS) is 8.12. The molecule has 0 aliphatic carbocycles. The van der Waals surface area contributed by atoms with Crippen molar-refractivity contribution >= 4 is 17.0 Å². The molecule has 0 saturated carbocycles. The molecule has 3 nitrogen and oxygen atoms in total. The maximum atomic E-state index is 3.87. The van der Waals surface area contributed by atoms with E-state index in [1.807, 2.05) is 6.92 Å². The molecule has 0 atom stereocenters. The number of hydrogen-bond donors (Lipinski definition) is 1. The maximum absolute atomic E-state index is 3.87. The summed E-state index contributed by atoms with van der Waals surface area (Å²) in [6, 6.07) is 0. The molecule has 0 aliphatic rings. The summed E-state index contributed by atoms with van der Waals surface area (Å²) in [4.78, 5) is 3.87. The Morgan fingerprint density at radius 3 is 2.75 bits per heavy atom. The van der Waals surface area contributed by atoms with Crippen LogP contribution in [0.25, 0.3) is 0 Å². The molecule has 0 saturated heterocycles. The summed E-state index contributed by atoms with van der Waals surface area (Å²) >= 11 is 0. The van der Waals surface area contributed by atoms with Crippen molar-refractivity contribution in [3.63, 3.8) is 0 Å². The number of nitrogens with one attached hydrogen (secondary N) is 1. The second kappa shape index (κ2) is 3.60. The summed E-state index contributed by atoms with van der Waals surface area (Å²) in [7, 11) is 0. The van der Waals surface area contributed by atoms with E-state index in [2.05, 4.69) is 15.2 Å². The smallest absolute Gasteiger partial charge is 0.137 e. The van der Waals surface area contributed by atoms with E-state index in [0.717, 1.165) is 12.2 Å². The van der Waals surface area contributed by atoms with Crippen LogP contribution in [0.5, 0.6) is 0 Å². The standard InChI is InChI=1S/C4H7N3.BrH/c1-2-4-5-3-6-7-4;/h3H,2H2,1H3,(H,5,6,7);1H. The van der Waals surface area contributed by atoms with E-state index < -0.39 is 0 Å². The van der Waals surface area contributed by atoms with Crippen LogP contribution in [0.4, 0.5) is 0 Å². The van der Waals surface area contributed by atoms with Gasteiger partial charge in [-0.05, 0) is 0 Å². The molecule has 0 bridgehead atoms. The van der Waals surface area contributed by atoms with E-state index in [-0.39, 0.29) is 17.0 Å². The van der Waals surface area contributed by atoms with Gasteiger partial charge in [-0.1, -0.05) is 6.92 Å². The Hall–Kier alpha value is -0.380. The molecule has 1 aromatic rings. The van der Waals surface area contributed by atoms with Gasteiger partial charge in [-0.25, -0.2) is 4.98 Å². The highest BCUT2D eigenvalue weighted by Gasteiger charge is 1.84. The lowest BCUT2D eigenvalue weighted by atomic mass is 10.5. The monoisotopic (exact) mass is 177 g/mol. The summed E-state index contributed by atoms with van der Waals surface area (Å²) in [6.07, 6.45) is 2.44. The van der Waals surface area contributed by atoms with Crippen molar-refractivity contribution in [2.24, 2.45) is 0 Å². The van der Waals surface area contributed by atoms with Crippen LogP contribution in [0.1, 0.15) is 12.7 Å². The highest BCUT2D eigenvalue weighted by atomic mass is 79.9. The van der Waals surface area contributed by atoms with Gasteiger partial charge >= 0.3 is 0 Å². The minimum Gasteiger partial charge on any atom is -0.263 e. The van der Waals surface area contributed by atoms with Gasteiger partial charge in [0.15, 0.2) is 0 Å². The fourth-order valence-electron chi connectivity index (χ4n) is 0.401. The summed E-state index contributed by atoms with van der Waals surface area (Å²) in [6.45, 7) is 2.03. The summed E-state index contributed by atoms with van der Waals surface area (Å²) in [5.41, 5.74) is 0. The van der Waals surface area contributed by atoms with Crippen molar-refractivity contribution in [2.45, 2.75) is 13.3 Å². The molecule has 0 aromatic carbocycles. The molecule has 4 heteroatoms. The van der Waals surface area contributed by atoms with Crippen LogP contribution < -0.4 is 0 Å². The van der Waals surface area contributed by atoms with Crippen molar-refractivity contribution in [1.82, 2.24) is 15.2 Å². The fraction of sp³-hybridized carbons (Fsp3) is 0.500. The van der Waals surface area contributed by atoms with E-state index in [0.29, 0.717) is 0 Å². The number of aromatic amines is 1. The van der Waals surface area contributed by atoms with Crippen LogP contribution in [-0.4, -0.2) is 15.2 Å². The summed E-state index contributed by atoms with van der Waals surface area (Å²) < 4.78 is 0. The van der Waals surface area contributed by atoms with E-state index in [1.54, 1.807) is 0 Å². The molecule has 1 heterocycles. The SMILES string of the molecule is Br.CCc1ncn[nH]1. The predicted molar refractivity (Wildman–Crippen MR) is 36.1 cm³/mol. The third-order valence-electron chi connectivity index (χ3n) is 0.800. The number of aryl methyl sites for hydroxylation is 1. The minimum absolute atomic E-state index is 0. The summed E-state index contributed by atoms with van der Waals surface area (Å²) in [5, 5.41) is 6.38. The third kappa shape index (κ3) is 1.61. The minimum atomic E-state index is 0.